The second kappa shape index (κ2) is 10.9. The summed E-state index contributed by atoms with van der Waals surface area (Å²) in [7, 11) is 0. The molecule has 4 nitrogen and oxygen atoms in total. The number of hydrogen-bond donors (Lipinski definition) is 1. The number of unbranched alkanes of at least 4 members (excludes halogenated alkanes) is 1. The molecule has 5 heteroatoms. The fraction of sp³-hybridized carbons (Fsp3) is 0.391. The zero-order valence-electron chi connectivity index (χ0n) is 16.9. The number of nitrogens with zero attached hydrogens (tertiary/aromatic N) is 1. The van der Waals surface area contributed by atoms with Crippen LogP contribution in [-0.2, 0) is 22.6 Å². The molecule has 0 fully saturated rings. The van der Waals surface area contributed by atoms with E-state index >= 15 is 0 Å². The van der Waals surface area contributed by atoms with Crippen LogP contribution in [0.3, 0.4) is 0 Å². The highest BCUT2D eigenvalue weighted by molar-refractivity contribution is 6.30. The maximum atomic E-state index is 13.1. The van der Waals surface area contributed by atoms with Crippen LogP contribution in [0.25, 0.3) is 0 Å². The lowest BCUT2D eigenvalue weighted by Crippen LogP contribution is -2.48. The molecule has 1 unspecified atom stereocenters. The van der Waals surface area contributed by atoms with E-state index in [1.807, 2.05) is 43.3 Å². The van der Waals surface area contributed by atoms with Crippen molar-refractivity contribution in [2.45, 2.75) is 52.6 Å². The van der Waals surface area contributed by atoms with Crippen LogP contribution in [0.5, 0.6) is 0 Å². The fourth-order valence-corrected chi connectivity index (χ4v) is 3.26. The summed E-state index contributed by atoms with van der Waals surface area (Å²) in [6.07, 6.45) is 2.14. The Labute approximate surface area is 172 Å². The number of amides is 2. The van der Waals surface area contributed by atoms with Crippen molar-refractivity contribution in [2.24, 2.45) is 0 Å². The molecule has 0 aliphatic carbocycles. The number of carbonyl (C=O) groups excluding carboxylic acids is 2. The van der Waals surface area contributed by atoms with E-state index in [0.717, 1.165) is 29.5 Å². The highest BCUT2D eigenvalue weighted by Crippen LogP contribution is 2.16. The van der Waals surface area contributed by atoms with Crippen molar-refractivity contribution in [2.75, 3.05) is 6.54 Å². The van der Waals surface area contributed by atoms with Gasteiger partial charge in [-0.05, 0) is 43.5 Å². The van der Waals surface area contributed by atoms with Crippen LogP contribution in [-0.4, -0.2) is 29.3 Å². The monoisotopic (exact) mass is 400 g/mol. The predicted octanol–water partition coefficient (Wildman–Crippen LogP) is 4.52. The van der Waals surface area contributed by atoms with Gasteiger partial charge in [-0.2, -0.15) is 0 Å². The first-order chi connectivity index (χ1) is 13.4. The molecule has 0 radical (unpaired) electrons. The third-order valence-electron chi connectivity index (χ3n) is 4.68. The molecule has 0 saturated heterocycles. The SMILES string of the molecule is CCCCNC(=O)C(C)N(Cc1cccc(C)c1)C(=O)Cc1cccc(Cl)c1. The van der Waals surface area contributed by atoms with E-state index in [1.165, 1.54) is 0 Å². The molecule has 2 rings (SSSR count). The maximum absolute atomic E-state index is 13.1. The Bertz CT molecular complexity index is 807. The normalized spacial score (nSPS) is 11.7. The molecule has 0 spiro atoms. The molecule has 1 N–H and O–H groups in total. The van der Waals surface area contributed by atoms with Gasteiger partial charge in [0, 0.05) is 18.1 Å². The summed E-state index contributed by atoms with van der Waals surface area (Å²) >= 11 is 6.05. The summed E-state index contributed by atoms with van der Waals surface area (Å²) in [5, 5.41) is 3.53. The topological polar surface area (TPSA) is 49.4 Å². The lowest BCUT2D eigenvalue weighted by molar-refractivity contribution is -0.140. The van der Waals surface area contributed by atoms with Crippen LogP contribution in [0.1, 0.15) is 43.4 Å². The van der Waals surface area contributed by atoms with Gasteiger partial charge < -0.3 is 10.2 Å². The van der Waals surface area contributed by atoms with Crippen LogP contribution in [0.2, 0.25) is 5.02 Å². The van der Waals surface area contributed by atoms with E-state index in [-0.39, 0.29) is 18.2 Å². The van der Waals surface area contributed by atoms with Gasteiger partial charge in [0.2, 0.25) is 11.8 Å². The first-order valence-corrected chi connectivity index (χ1v) is 10.2. The molecule has 0 aromatic heterocycles. The summed E-state index contributed by atoms with van der Waals surface area (Å²) in [6, 6.07) is 14.7. The van der Waals surface area contributed by atoms with E-state index < -0.39 is 6.04 Å². The lowest BCUT2D eigenvalue weighted by Gasteiger charge is -2.29. The molecule has 0 aliphatic rings. The zero-order valence-corrected chi connectivity index (χ0v) is 17.6. The number of rotatable bonds is 9. The van der Waals surface area contributed by atoms with Crippen molar-refractivity contribution in [1.29, 1.82) is 0 Å². The molecule has 2 amide bonds. The van der Waals surface area contributed by atoms with Crippen molar-refractivity contribution < 1.29 is 9.59 Å². The van der Waals surface area contributed by atoms with Crippen LogP contribution < -0.4 is 5.32 Å². The van der Waals surface area contributed by atoms with Crippen molar-refractivity contribution >= 4 is 23.4 Å². The molecule has 0 bridgehead atoms. The molecule has 1 atom stereocenters. The molecule has 2 aromatic rings. The maximum Gasteiger partial charge on any atom is 0.242 e. The van der Waals surface area contributed by atoms with Crippen LogP contribution in [0, 0.1) is 6.92 Å². The molecule has 150 valence electrons. The summed E-state index contributed by atoms with van der Waals surface area (Å²) in [5.74, 6) is -0.220. The van der Waals surface area contributed by atoms with E-state index in [4.69, 9.17) is 11.6 Å². The van der Waals surface area contributed by atoms with Gasteiger partial charge >= 0.3 is 0 Å². The molecule has 2 aromatic carbocycles. The highest BCUT2D eigenvalue weighted by atomic mass is 35.5. The third kappa shape index (κ3) is 6.68. The number of halogens is 1. The highest BCUT2D eigenvalue weighted by Gasteiger charge is 2.26. The van der Waals surface area contributed by atoms with Crippen molar-refractivity contribution in [3.8, 4) is 0 Å². The minimum atomic E-state index is -0.552. The van der Waals surface area contributed by atoms with Gasteiger partial charge in [0.15, 0.2) is 0 Å². The molecule has 0 aliphatic heterocycles. The number of benzene rings is 2. The van der Waals surface area contributed by atoms with Crippen LogP contribution >= 0.6 is 11.6 Å². The third-order valence-corrected chi connectivity index (χ3v) is 4.91. The van der Waals surface area contributed by atoms with Gasteiger partial charge in [-0.25, -0.2) is 0 Å². The van der Waals surface area contributed by atoms with Gasteiger partial charge in [-0.3, -0.25) is 9.59 Å². The first kappa shape index (κ1) is 22.0. The van der Waals surface area contributed by atoms with Crippen LogP contribution in [0.4, 0.5) is 0 Å². The fourth-order valence-electron chi connectivity index (χ4n) is 3.05. The molecular formula is C23H29ClN2O2. The van der Waals surface area contributed by atoms with Gasteiger partial charge in [0.1, 0.15) is 6.04 Å². The Morgan fingerprint density at radius 2 is 1.82 bits per heavy atom. The van der Waals surface area contributed by atoms with E-state index in [1.54, 1.807) is 24.0 Å². The standard InChI is InChI=1S/C23H29ClN2O2/c1-4-5-12-25-23(28)18(3)26(16-20-10-6-8-17(2)13-20)22(27)15-19-9-7-11-21(24)14-19/h6-11,13-14,18H,4-5,12,15-16H2,1-3H3,(H,25,28). The van der Waals surface area contributed by atoms with E-state index in [9.17, 15) is 9.59 Å². The zero-order chi connectivity index (χ0) is 20.5. The van der Waals surface area contributed by atoms with Crippen molar-refractivity contribution in [3.05, 3.63) is 70.2 Å². The number of aryl methyl sites for hydroxylation is 1. The Hall–Kier alpha value is -2.33. The van der Waals surface area contributed by atoms with Gasteiger partial charge in [-0.1, -0.05) is 66.9 Å². The van der Waals surface area contributed by atoms with Crippen molar-refractivity contribution in [1.82, 2.24) is 10.2 Å². The number of carbonyl (C=O) groups is 2. The second-order valence-electron chi connectivity index (χ2n) is 7.14. The minimum Gasteiger partial charge on any atom is -0.354 e. The molecule has 0 heterocycles. The van der Waals surface area contributed by atoms with Crippen molar-refractivity contribution in [3.63, 3.8) is 0 Å². The van der Waals surface area contributed by atoms with E-state index in [2.05, 4.69) is 12.2 Å². The first-order valence-electron chi connectivity index (χ1n) is 9.78. The van der Waals surface area contributed by atoms with Gasteiger partial charge in [-0.15, -0.1) is 0 Å². The quantitative estimate of drug-likeness (QED) is 0.629. The summed E-state index contributed by atoms with van der Waals surface area (Å²) in [5.41, 5.74) is 2.97. The summed E-state index contributed by atoms with van der Waals surface area (Å²) in [4.78, 5) is 27.3. The Kier molecular flexibility index (Phi) is 8.52. The number of hydrogen-bond acceptors (Lipinski definition) is 2. The van der Waals surface area contributed by atoms with Crippen LogP contribution in [0.15, 0.2) is 48.5 Å². The predicted molar refractivity (Wildman–Crippen MR) is 114 cm³/mol. The summed E-state index contributed by atoms with van der Waals surface area (Å²) < 4.78 is 0. The van der Waals surface area contributed by atoms with E-state index in [0.29, 0.717) is 18.1 Å². The minimum absolute atomic E-state index is 0.0954. The average molecular weight is 401 g/mol. The largest absolute Gasteiger partial charge is 0.354 e. The Morgan fingerprint density at radius 1 is 1.11 bits per heavy atom. The smallest absolute Gasteiger partial charge is 0.242 e. The van der Waals surface area contributed by atoms with Gasteiger partial charge in [0.05, 0.1) is 6.42 Å². The average Bonchev–Trinajstić information content (AvgIpc) is 2.65. The molecular weight excluding hydrogens is 372 g/mol. The second-order valence-corrected chi connectivity index (χ2v) is 7.57. The Balaban J connectivity index is 2.18. The number of nitrogens with one attached hydrogen (secondary N) is 1. The lowest BCUT2D eigenvalue weighted by atomic mass is 10.1. The molecule has 0 saturated carbocycles. The van der Waals surface area contributed by atoms with Gasteiger partial charge in [0.25, 0.3) is 0 Å². The molecule has 28 heavy (non-hydrogen) atoms. The summed E-state index contributed by atoms with van der Waals surface area (Å²) in [6.45, 7) is 6.90. The Morgan fingerprint density at radius 3 is 2.50 bits per heavy atom.